The first-order valence-corrected chi connectivity index (χ1v) is 3.69. The first-order chi connectivity index (χ1) is 6.36. The maximum absolute atomic E-state index is 11.3. The summed E-state index contributed by atoms with van der Waals surface area (Å²) >= 11 is 0. The summed E-state index contributed by atoms with van der Waals surface area (Å²) in [6.45, 7) is 0. The average molecular weight is 177 g/mol. The van der Waals surface area contributed by atoms with Gasteiger partial charge in [-0.3, -0.25) is 9.89 Å². The number of nitrogens with zero attached hydrogens (tertiary/aromatic N) is 1. The number of H-pyrrole nitrogens is 1. The number of amides is 1. The second-order valence-corrected chi connectivity index (χ2v) is 2.44. The molecule has 0 radical (unpaired) electrons. The van der Waals surface area contributed by atoms with Crippen LogP contribution in [-0.4, -0.2) is 16.1 Å². The molecule has 13 heavy (non-hydrogen) atoms. The van der Waals surface area contributed by atoms with Crippen LogP contribution in [0.5, 0.6) is 0 Å². The maximum atomic E-state index is 11.3. The summed E-state index contributed by atoms with van der Waals surface area (Å²) in [5.74, 6) is -0.237. The minimum Gasteiger partial charge on any atom is -0.470 e. The van der Waals surface area contributed by atoms with Gasteiger partial charge < -0.3 is 9.73 Å². The molecular formula is C8H7N3O2. The van der Waals surface area contributed by atoms with Crippen LogP contribution in [0, 0.1) is 0 Å². The van der Waals surface area contributed by atoms with E-state index in [0.717, 1.165) is 0 Å². The van der Waals surface area contributed by atoms with Crippen LogP contribution in [0.15, 0.2) is 35.3 Å². The van der Waals surface area contributed by atoms with Gasteiger partial charge in [-0.25, -0.2) is 0 Å². The summed E-state index contributed by atoms with van der Waals surface area (Å²) in [5.41, 5.74) is 1.04. The second kappa shape index (κ2) is 3.14. The van der Waals surface area contributed by atoms with Crippen molar-refractivity contribution in [1.82, 2.24) is 10.2 Å². The highest BCUT2D eigenvalue weighted by atomic mass is 16.3. The molecule has 0 unspecified atom stereocenters. The molecule has 2 rings (SSSR count). The van der Waals surface area contributed by atoms with Gasteiger partial charge in [-0.15, -0.1) is 0 Å². The Labute approximate surface area is 73.8 Å². The fraction of sp³-hybridized carbons (Fsp3) is 0. The third-order valence-electron chi connectivity index (χ3n) is 1.52. The van der Waals surface area contributed by atoms with Gasteiger partial charge in [-0.1, -0.05) is 0 Å². The number of rotatable bonds is 2. The summed E-state index contributed by atoms with van der Waals surface area (Å²) in [5, 5.41) is 8.84. The lowest BCUT2D eigenvalue weighted by molar-refractivity contribution is 0.102. The molecule has 0 aliphatic carbocycles. The number of hydrogen-bond acceptors (Lipinski definition) is 3. The Bertz CT molecular complexity index is 377. The van der Waals surface area contributed by atoms with Crippen molar-refractivity contribution in [3.63, 3.8) is 0 Å². The Hall–Kier alpha value is -2.04. The summed E-state index contributed by atoms with van der Waals surface area (Å²) in [7, 11) is 0. The minimum absolute atomic E-state index is 0.237. The maximum Gasteiger partial charge on any atom is 0.273 e. The van der Waals surface area contributed by atoms with Crippen molar-refractivity contribution in [1.29, 1.82) is 0 Å². The lowest BCUT2D eigenvalue weighted by Crippen LogP contribution is -2.11. The van der Waals surface area contributed by atoms with Crippen molar-refractivity contribution in [2.24, 2.45) is 0 Å². The van der Waals surface area contributed by atoms with E-state index >= 15 is 0 Å². The van der Waals surface area contributed by atoms with E-state index in [0.29, 0.717) is 11.4 Å². The molecular weight excluding hydrogens is 170 g/mol. The standard InChI is InChI=1S/C8H7N3O2/c12-8(7-1-3-9-11-7)10-6-2-4-13-5-6/h1-5H,(H,9,11)(H,10,12). The highest BCUT2D eigenvalue weighted by Gasteiger charge is 2.06. The number of furan rings is 1. The molecule has 1 amide bonds. The van der Waals surface area contributed by atoms with E-state index in [9.17, 15) is 4.79 Å². The quantitative estimate of drug-likeness (QED) is 0.725. The Morgan fingerprint density at radius 1 is 1.54 bits per heavy atom. The number of nitrogens with one attached hydrogen (secondary N) is 2. The van der Waals surface area contributed by atoms with E-state index in [1.54, 1.807) is 12.1 Å². The van der Waals surface area contributed by atoms with E-state index in [1.807, 2.05) is 0 Å². The highest BCUT2D eigenvalue weighted by Crippen LogP contribution is 2.07. The summed E-state index contributed by atoms with van der Waals surface area (Å²) in [4.78, 5) is 11.3. The Balaban J connectivity index is 2.08. The van der Waals surface area contributed by atoms with Gasteiger partial charge in [0.25, 0.3) is 5.91 Å². The van der Waals surface area contributed by atoms with Crippen molar-refractivity contribution < 1.29 is 9.21 Å². The van der Waals surface area contributed by atoms with E-state index in [1.165, 1.54) is 18.7 Å². The zero-order valence-electron chi connectivity index (χ0n) is 6.65. The molecule has 0 atom stereocenters. The van der Waals surface area contributed by atoms with Gasteiger partial charge in [0.15, 0.2) is 0 Å². The molecule has 0 aromatic carbocycles. The molecule has 2 N–H and O–H groups in total. The van der Waals surface area contributed by atoms with Crippen LogP contribution >= 0.6 is 0 Å². The summed E-state index contributed by atoms with van der Waals surface area (Å²) < 4.78 is 4.79. The minimum atomic E-state index is -0.237. The predicted octanol–water partition coefficient (Wildman–Crippen LogP) is 1.25. The van der Waals surface area contributed by atoms with Gasteiger partial charge in [0, 0.05) is 6.20 Å². The van der Waals surface area contributed by atoms with Gasteiger partial charge in [0.1, 0.15) is 12.0 Å². The molecule has 0 spiro atoms. The molecule has 0 aliphatic heterocycles. The number of carbonyl (C=O) groups excluding carboxylic acids is 1. The fourth-order valence-electron chi connectivity index (χ4n) is 0.916. The summed E-state index contributed by atoms with van der Waals surface area (Å²) in [6.07, 6.45) is 4.46. The zero-order valence-corrected chi connectivity index (χ0v) is 6.65. The average Bonchev–Trinajstić information content (AvgIpc) is 2.74. The summed E-state index contributed by atoms with van der Waals surface area (Å²) in [6, 6.07) is 3.25. The van der Waals surface area contributed by atoms with Crippen LogP contribution < -0.4 is 5.32 Å². The third kappa shape index (κ3) is 1.58. The van der Waals surface area contributed by atoms with Crippen LogP contribution in [0.2, 0.25) is 0 Å². The van der Waals surface area contributed by atoms with Gasteiger partial charge in [0.2, 0.25) is 0 Å². The van der Waals surface area contributed by atoms with Crippen LogP contribution in [0.3, 0.4) is 0 Å². The number of aromatic nitrogens is 2. The van der Waals surface area contributed by atoms with Crippen molar-refractivity contribution in [2.75, 3.05) is 5.32 Å². The second-order valence-electron chi connectivity index (χ2n) is 2.44. The Morgan fingerprint density at radius 3 is 3.08 bits per heavy atom. The third-order valence-corrected chi connectivity index (χ3v) is 1.52. The largest absolute Gasteiger partial charge is 0.470 e. The first kappa shape index (κ1) is 7.60. The van der Waals surface area contributed by atoms with E-state index < -0.39 is 0 Å². The number of anilines is 1. The molecule has 0 fully saturated rings. The van der Waals surface area contributed by atoms with Crippen molar-refractivity contribution >= 4 is 11.6 Å². The lowest BCUT2D eigenvalue weighted by Gasteiger charge is -1.97. The van der Waals surface area contributed by atoms with Crippen LogP contribution in [0.25, 0.3) is 0 Å². The predicted molar refractivity (Wildman–Crippen MR) is 45.2 cm³/mol. The van der Waals surface area contributed by atoms with Crippen LogP contribution in [0.1, 0.15) is 10.5 Å². The van der Waals surface area contributed by atoms with Gasteiger partial charge in [0.05, 0.1) is 12.0 Å². The smallest absolute Gasteiger partial charge is 0.273 e. The SMILES string of the molecule is O=C(Nc1ccoc1)c1ccn[nH]1. The first-order valence-electron chi connectivity index (χ1n) is 3.69. The zero-order chi connectivity index (χ0) is 9.10. The molecule has 0 bridgehead atoms. The monoisotopic (exact) mass is 177 g/mol. The Kier molecular flexibility index (Phi) is 1.84. The van der Waals surface area contributed by atoms with E-state index in [4.69, 9.17) is 4.42 Å². The molecule has 2 heterocycles. The van der Waals surface area contributed by atoms with Gasteiger partial charge >= 0.3 is 0 Å². The normalized spacial score (nSPS) is 9.85. The fourth-order valence-corrected chi connectivity index (χ4v) is 0.916. The highest BCUT2D eigenvalue weighted by molar-refractivity contribution is 6.02. The number of aromatic amines is 1. The molecule has 0 saturated carbocycles. The van der Waals surface area contributed by atoms with Crippen molar-refractivity contribution in [3.8, 4) is 0 Å². The molecule has 5 nitrogen and oxygen atoms in total. The molecule has 5 heteroatoms. The van der Waals surface area contributed by atoms with E-state index in [2.05, 4.69) is 15.5 Å². The molecule has 66 valence electrons. The lowest BCUT2D eigenvalue weighted by atomic mass is 10.4. The number of carbonyl (C=O) groups is 1. The topological polar surface area (TPSA) is 70.9 Å². The molecule has 0 aliphatic rings. The number of hydrogen-bond donors (Lipinski definition) is 2. The molecule has 2 aromatic heterocycles. The Morgan fingerprint density at radius 2 is 2.46 bits per heavy atom. The van der Waals surface area contributed by atoms with Crippen LogP contribution in [-0.2, 0) is 0 Å². The van der Waals surface area contributed by atoms with Crippen molar-refractivity contribution in [3.05, 3.63) is 36.5 Å². The van der Waals surface area contributed by atoms with Crippen LogP contribution in [0.4, 0.5) is 5.69 Å². The van der Waals surface area contributed by atoms with Gasteiger partial charge in [-0.2, -0.15) is 5.10 Å². The van der Waals surface area contributed by atoms with Crippen molar-refractivity contribution in [2.45, 2.75) is 0 Å². The van der Waals surface area contributed by atoms with E-state index in [-0.39, 0.29) is 5.91 Å². The molecule has 2 aromatic rings. The molecule has 0 saturated heterocycles. The van der Waals surface area contributed by atoms with Gasteiger partial charge in [-0.05, 0) is 12.1 Å².